The van der Waals surface area contributed by atoms with Crippen LogP contribution in [0.25, 0.3) is 0 Å². The standard InChI is InChI=1S/C37H47N3O8S/c1-36(2,3)48-35(42)39-31(21-27-13-15-29(16-14-27)45-24-28-11-7-6-8-12-28)32(41)23-40(25-37(4,5)19-9-10-20-38)49(43,44)30-17-18-33-34(22-30)47-26-46-33/h6-8,11-18,22,31-32,41H,9-10,19,21,23-26H2,1-5H3,(H,39,42). The van der Waals surface area contributed by atoms with Crippen LogP contribution in [0.5, 0.6) is 17.2 Å². The fourth-order valence-corrected chi connectivity index (χ4v) is 7.09. The van der Waals surface area contributed by atoms with Crippen molar-refractivity contribution < 1.29 is 37.3 Å². The number of aliphatic hydroxyl groups is 1. The zero-order valence-corrected chi connectivity index (χ0v) is 29.7. The minimum atomic E-state index is -4.17. The van der Waals surface area contributed by atoms with Gasteiger partial charge in [-0.1, -0.05) is 56.3 Å². The van der Waals surface area contributed by atoms with Crippen LogP contribution in [-0.2, 0) is 27.8 Å². The molecule has 3 aromatic rings. The molecular formula is C37H47N3O8S. The predicted molar refractivity (Wildman–Crippen MR) is 185 cm³/mol. The summed E-state index contributed by atoms with van der Waals surface area (Å²) in [6, 6.07) is 22.7. The molecule has 12 heteroatoms. The summed E-state index contributed by atoms with van der Waals surface area (Å²) in [5.74, 6) is 1.42. The molecule has 0 aromatic heterocycles. The molecule has 2 N–H and O–H groups in total. The third-order valence-electron chi connectivity index (χ3n) is 7.91. The van der Waals surface area contributed by atoms with Gasteiger partial charge < -0.3 is 29.4 Å². The lowest BCUT2D eigenvalue weighted by Gasteiger charge is -2.35. The quantitative estimate of drug-likeness (QED) is 0.167. The van der Waals surface area contributed by atoms with E-state index >= 15 is 0 Å². The van der Waals surface area contributed by atoms with Crippen LogP contribution in [0.3, 0.4) is 0 Å². The Morgan fingerprint density at radius 2 is 1.69 bits per heavy atom. The third kappa shape index (κ3) is 11.4. The first-order chi connectivity index (χ1) is 23.1. The Balaban J connectivity index is 1.58. The average molecular weight is 694 g/mol. The van der Waals surface area contributed by atoms with Crippen molar-refractivity contribution in [3.8, 4) is 23.3 Å². The van der Waals surface area contributed by atoms with Crippen molar-refractivity contribution in [3.63, 3.8) is 0 Å². The number of unbranched alkanes of at least 4 members (excludes halogenated alkanes) is 1. The van der Waals surface area contributed by atoms with Crippen molar-refractivity contribution >= 4 is 16.1 Å². The number of hydrogen-bond donors (Lipinski definition) is 2. The number of sulfonamides is 1. The van der Waals surface area contributed by atoms with Gasteiger partial charge in [0, 0.05) is 25.6 Å². The van der Waals surface area contributed by atoms with Crippen molar-refractivity contribution in [2.75, 3.05) is 19.9 Å². The van der Waals surface area contributed by atoms with Crippen molar-refractivity contribution in [1.29, 1.82) is 5.26 Å². The van der Waals surface area contributed by atoms with Gasteiger partial charge in [0.2, 0.25) is 16.8 Å². The van der Waals surface area contributed by atoms with E-state index in [-0.39, 0.29) is 31.2 Å². The van der Waals surface area contributed by atoms with E-state index in [0.29, 0.717) is 43.1 Å². The van der Waals surface area contributed by atoms with Crippen molar-refractivity contribution in [1.82, 2.24) is 9.62 Å². The molecule has 1 amide bonds. The normalized spacial score (nSPS) is 14.2. The van der Waals surface area contributed by atoms with Gasteiger partial charge in [-0.25, -0.2) is 13.2 Å². The number of nitrogens with one attached hydrogen (secondary N) is 1. The van der Waals surface area contributed by atoms with Crippen LogP contribution in [0.1, 0.15) is 65.0 Å². The Hall–Kier alpha value is -4.31. The van der Waals surface area contributed by atoms with Crippen LogP contribution in [-0.4, -0.2) is 61.6 Å². The van der Waals surface area contributed by atoms with Crippen LogP contribution in [0.2, 0.25) is 0 Å². The fraction of sp³-hybridized carbons (Fsp3) is 0.459. The number of benzene rings is 3. The summed E-state index contributed by atoms with van der Waals surface area (Å²) in [4.78, 5) is 13.0. The van der Waals surface area contributed by atoms with Crippen molar-refractivity contribution in [2.24, 2.45) is 5.41 Å². The zero-order chi connectivity index (χ0) is 35.7. The highest BCUT2D eigenvalue weighted by Gasteiger charge is 2.36. The molecule has 0 aliphatic carbocycles. The molecule has 1 heterocycles. The van der Waals surface area contributed by atoms with Crippen LogP contribution < -0.4 is 19.5 Å². The third-order valence-corrected chi connectivity index (χ3v) is 9.72. The maximum Gasteiger partial charge on any atom is 0.407 e. The molecule has 3 aromatic carbocycles. The molecule has 2 unspecified atom stereocenters. The van der Waals surface area contributed by atoms with Gasteiger partial charge in [0.15, 0.2) is 11.5 Å². The first kappa shape index (κ1) is 37.5. The van der Waals surface area contributed by atoms with Crippen LogP contribution in [0, 0.1) is 16.7 Å². The van der Waals surface area contributed by atoms with E-state index in [1.807, 2.05) is 68.4 Å². The van der Waals surface area contributed by atoms with Crippen LogP contribution in [0.15, 0.2) is 77.7 Å². The Kier molecular flexibility index (Phi) is 12.5. The van der Waals surface area contributed by atoms with E-state index in [1.165, 1.54) is 16.4 Å². The molecule has 0 bridgehead atoms. The second kappa shape index (κ2) is 16.4. The summed E-state index contributed by atoms with van der Waals surface area (Å²) in [5, 5.41) is 23.6. The maximum atomic E-state index is 14.2. The van der Waals surface area contributed by atoms with E-state index in [0.717, 1.165) is 11.1 Å². The molecule has 1 aliphatic heterocycles. The van der Waals surface area contributed by atoms with Gasteiger partial charge >= 0.3 is 6.09 Å². The largest absolute Gasteiger partial charge is 0.489 e. The lowest BCUT2D eigenvalue weighted by molar-refractivity contribution is 0.0391. The molecule has 0 fully saturated rings. The molecular weight excluding hydrogens is 646 g/mol. The number of nitriles is 1. The Labute approximate surface area is 289 Å². The minimum absolute atomic E-state index is 0.00860. The van der Waals surface area contributed by atoms with E-state index in [9.17, 15) is 18.3 Å². The summed E-state index contributed by atoms with van der Waals surface area (Å²) < 4.78 is 51.9. The van der Waals surface area contributed by atoms with Crippen LogP contribution in [0.4, 0.5) is 4.79 Å². The summed E-state index contributed by atoms with van der Waals surface area (Å²) in [7, 11) is -4.17. The number of alkyl carbamates (subject to hydrolysis) is 1. The topological polar surface area (TPSA) is 147 Å². The number of fused-ring (bicyclic) bond motifs is 1. The number of nitrogens with zero attached hydrogens (tertiary/aromatic N) is 2. The molecule has 49 heavy (non-hydrogen) atoms. The molecule has 11 nitrogen and oxygen atoms in total. The SMILES string of the molecule is CC(C)(CCCC#N)CN(CC(O)C(Cc1ccc(OCc2ccccc2)cc1)NC(=O)OC(C)(C)C)S(=O)(=O)c1ccc2c(c1)OCO2. The highest BCUT2D eigenvalue weighted by molar-refractivity contribution is 7.89. The van der Waals surface area contributed by atoms with Crippen LogP contribution >= 0.6 is 0 Å². The Morgan fingerprint density at radius 1 is 1.00 bits per heavy atom. The van der Waals surface area contributed by atoms with E-state index in [2.05, 4.69) is 11.4 Å². The molecule has 0 saturated heterocycles. The molecule has 0 spiro atoms. The maximum absolute atomic E-state index is 14.2. The number of carbonyl (C=O) groups excluding carboxylic acids is 1. The van der Waals surface area contributed by atoms with Gasteiger partial charge in [-0.3, -0.25) is 0 Å². The number of carbonyl (C=O) groups is 1. The predicted octanol–water partition coefficient (Wildman–Crippen LogP) is 6.20. The van der Waals surface area contributed by atoms with E-state index in [1.54, 1.807) is 26.8 Å². The van der Waals surface area contributed by atoms with Crippen molar-refractivity contribution in [3.05, 3.63) is 83.9 Å². The lowest BCUT2D eigenvalue weighted by atomic mass is 9.87. The number of ether oxygens (including phenoxy) is 4. The molecule has 0 radical (unpaired) electrons. The first-order valence-electron chi connectivity index (χ1n) is 16.4. The highest BCUT2D eigenvalue weighted by Crippen LogP contribution is 2.36. The number of rotatable bonds is 16. The van der Waals surface area contributed by atoms with E-state index < -0.39 is 39.3 Å². The monoisotopic (exact) mass is 693 g/mol. The molecule has 2 atom stereocenters. The van der Waals surface area contributed by atoms with Gasteiger partial charge in [-0.15, -0.1) is 0 Å². The molecule has 1 aliphatic rings. The summed E-state index contributed by atoms with van der Waals surface area (Å²) in [6.07, 6.45) is -0.358. The summed E-state index contributed by atoms with van der Waals surface area (Å²) >= 11 is 0. The fourth-order valence-electron chi connectivity index (χ4n) is 5.43. The first-order valence-corrected chi connectivity index (χ1v) is 17.8. The number of hydrogen-bond acceptors (Lipinski definition) is 9. The second-order valence-electron chi connectivity index (χ2n) is 13.9. The average Bonchev–Trinajstić information content (AvgIpc) is 3.52. The number of amides is 1. The van der Waals surface area contributed by atoms with Crippen molar-refractivity contribution in [2.45, 2.75) is 89.6 Å². The molecule has 264 valence electrons. The van der Waals surface area contributed by atoms with Gasteiger partial charge in [0.05, 0.1) is 23.1 Å². The van der Waals surface area contributed by atoms with Gasteiger partial charge in [0.25, 0.3) is 0 Å². The Bertz CT molecular complexity index is 1680. The lowest BCUT2D eigenvalue weighted by Crippen LogP contribution is -2.52. The summed E-state index contributed by atoms with van der Waals surface area (Å²) in [6.45, 7) is 9.19. The smallest absolute Gasteiger partial charge is 0.407 e. The molecule has 4 rings (SSSR count). The highest BCUT2D eigenvalue weighted by atomic mass is 32.2. The van der Waals surface area contributed by atoms with Gasteiger partial charge in [-0.05, 0) is 80.8 Å². The minimum Gasteiger partial charge on any atom is -0.489 e. The summed E-state index contributed by atoms with van der Waals surface area (Å²) in [5.41, 5.74) is 0.488. The van der Waals surface area contributed by atoms with Gasteiger partial charge in [-0.2, -0.15) is 9.57 Å². The number of aliphatic hydroxyl groups excluding tert-OH is 1. The van der Waals surface area contributed by atoms with Gasteiger partial charge in [0.1, 0.15) is 18.0 Å². The zero-order valence-electron chi connectivity index (χ0n) is 28.8. The Morgan fingerprint density at radius 3 is 2.37 bits per heavy atom. The van der Waals surface area contributed by atoms with E-state index in [4.69, 9.17) is 24.2 Å². The second-order valence-corrected chi connectivity index (χ2v) is 15.9. The molecule has 0 saturated carbocycles.